The summed E-state index contributed by atoms with van der Waals surface area (Å²) in [6, 6.07) is 2.16. The fourth-order valence-electron chi connectivity index (χ4n) is 4.18. The van der Waals surface area contributed by atoms with Gasteiger partial charge in [0, 0.05) is 19.0 Å². The van der Waals surface area contributed by atoms with Crippen LogP contribution in [0.5, 0.6) is 0 Å². The molecule has 0 aromatic carbocycles. The van der Waals surface area contributed by atoms with E-state index in [0.717, 1.165) is 48.4 Å². The lowest BCUT2D eigenvalue weighted by Crippen LogP contribution is -2.43. The molecule has 2 N–H and O–H groups in total. The molecule has 0 atom stereocenters. The summed E-state index contributed by atoms with van der Waals surface area (Å²) >= 11 is 1.69. The van der Waals surface area contributed by atoms with Gasteiger partial charge in [-0.15, -0.1) is 23.7 Å². The van der Waals surface area contributed by atoms with Gasteiger partial charge in [-0.1, -0.05) is 0 Å². The SMILES string of the molecule is Cl.Cn1c(=O)c2[nH]c(-c3cc4c(s3)C3(CCNCC3)OCC4)nc2n(C)c1=O. The molecule has 10 heteroatoms. The van der Waals surface area contributed by atoms with Gasteiger partial charge >= 0.3 is 5.69 Å². The number of imidazole rings is 1. The molecule has 3 aromatic rings. The number of hydrogen-bond donors (Lipinski definition) is 2. The van der Waals surface area contributed by atoms with Crippen molar-refractivity contribution in [2.45, 2.75) is 24.9 Å². The van der Waals surface area contributed by atoms with Gasteiger partial charge in [-0.3, -0.25) is 13.9 Å². The molecule has 5 heterocycles. The summed E-state index contributed by atoms with van der Waals surface area (Å²) in [5, 5.41) is 3.40. The van der Waals surface area contributed by atoms with Gasteiger partial charge in [0.25, 0.3) is 5.56 Å². The lowest BCUT2D eigenvalue weighted by atomic mass is 9.86. The number of rotatable bonds is 1. The molecule has 0 unspecified atom stereocenters. The van der Waals surface area contributed by atoms with Crippen molar-refractivity contribution in [2.75, 3.05) is 19.7 Å². The van der Waals surface area contributed by atoms with Crippen molar-refractivity contribution in [1.82, 2.24) is 24.4 Å². The van der Waals surface area contributed by atoms with Crippen molar-refractivity contribution >= 4 is 34.9 Å². The third kappa shape index (κ3) is 2.68. The topological polar surface area (TPSA) is 93.9 Å². The van der Waals surface area contributed by atoms with Crippen LogP contribution in [0.3, 0.4) is 0 Å². The first-order chi connectivity index (χ1) is 13.0. The maximum absolute atomic E-state index is 12.4. The summed E-state index contributed by atoms with van der Waals surface area (Å²) in [4.78, 5) is 34.6. The van der Waals surface area contributed by atoms with Crippen molar-refractivity contribution in [1.29, 1.82) is 0 Å². The predicted octanol–water partition coefficient (Wildman–Crippen LogP) is 1.26. The van der Waals surface area contributed by atoms with E-state index in [-0.39, 0.29) is 29.3 Å². The fraction of sp³-hybridized carbons (Fsp3) is 0.500. The molecule has 150 valence electrons. The Morgan fingerprint density at radius 2 is 1.96 bits per heavy atom. The van der Waals surface area contributed by atoms with E-state index in [9.17, 15) is 9.59 Å². The average molecular weight is 424 g/mol. The number of piperidine rings is 1. The van der Waals surface area contributed by atoms with Crippen LogP contribution < -0.4 is 16.6 Å². The molecule has 3 aromatic heterocycles. The third-order valence-corrected chi connectivity index (χ3v) is 7.08. The van der Waals surface area contributed by atoms with Crippen LogP contribution in [0.1, 0.15) is 23.3 Å². The fourth-order valence-corrected chi connectivity index (χ4v) is 5.54. The zero-order chi connectivity index (χ0) is 18.8. The van der Waals surface area contributed by atoms with Gasteiger partial charge in [-0.2, -0.15) is 0 Å². The summed E-state index contributed by atoms with van der Waals surface area (Å²) in [7, 11) is 3.11. The molecule has 0 saturated carbocycles. The van der Waals surface area contributed by atoms with Crippen LogP contribution >= 0.6 is 23.7 Å². The number of thiophene rings is 1. The number of halogens is 1. The van der Waals surface area contributed by atoms with Gasteiger partial charge in [-0.05, 0) is 44.0 Å². The molecular weight excluding hydrogens is 402 g/mol. The number of aryl methyl sites for hydroxylation is 1. The highest BCUT2D eigenvalue weighted by molar-refractivity contribution is 7.15. The molecule has 2 aliphatic heterocycles. The minimum atomic E-state index is -0.377. The van der Waals surface area contributed by atoms with E-state index in [2.05, 4.69) is 21.4 Å². The lowest BCUT2D eigenvalue weighted by Gasteiger charge is -2.40. The highest BCUT2D eigenvalue weighted by Crippen LogP contribution is 2.46. The van der Waals surface area contributed by atoms with E-state index in [1.165, 1.54) is 22.1 Å². The highest BCUT2D eigenvalue weighted by atomic mass is 35.5. The molecule has 0 amide bonds. The molecule has 1 saturated heterocycles. The number of aromatic nitrogens is 4. The van der Waals surface area contributed by atoms with Crippen LogP contribution in [0.15, 0.2) is 15.7 Å². The van der Waals surface area contributed by atoms with Gasteiger partial charge in [0.2, 0.25) is 0 Å². The van der Waals surface area contributed by atoms with Crippen LogP contribution in [0.25, 0.3) is 21.9 Å². The number of hydrogen-bond acceptors (Lipinski definition) is 6. The summed E-state index contributed by atoms with van der Waals surface area (Å²) in [6.45, 7) is 2.64. The Morgan fingerprint density at radius 1 is 1.21 bits per heavy atom. The first kappa shape index (κ1) is 19.4. The highest BCUT2D eigenvalue weighted by Gasteiger charge is 2.41. The first-order valence-electron chi connectivity index (χ1n) is 9.14. The Labute approximate surface area is 171 Å². The van der Waals surface area contributed by atoms with Gasteiger partial charge in [-0.25, -0.2) is 9.78 Å². The molecule has 1 spiro atoms. The Hall–Kier alpha value is -1.94. The number of nitrogens with one attached hydrogen (secondary N) is 2. The first-order valence-corrected chi connectivity index (χ1v) is 9.96. The lowest BCUT2D eigenvalue weighted by molar-refractivity contribution is -0.0771. The zero-order valence-corrected chi connectivity index (χ0v) is 17.3. The molecule has 0 bridgehead atoms. The predicted molar refractivity (Wildman–Crippen MR) is 111 cm³/mol. The van der Waals surface area contributed by atoms with Crippen LogP contribution in [-0.2, 0) is 30.9 Å². The standard InChI is InChI=1S/C18H21N5O3S.ClH/c1-22-15-12(16(24)23(2)17(22)25)20-14(21-15)11-9-10-3-8-26-18(13(10)27-11)4-6-19-7-5-18;/h9,19H,3-8H2,1-2H3,(H,20,21);1H. The largest absolute Gasteiger partial charge is 0.369 e. The van der Waals surface area contributed by atoms with Crippen LogP contribution in [0.2, 0.25) is 0 Å². The molecule has 0 radical (unpaired) electrons. The smallest absolute Gasteiger partial charge is 0.332 e. The molecule has 5 rings (SSSR count). The second-order valence-electron chi connectivity index (χ2n) is 7.30. The second kappa shape index (κ2) is 6.84. The Morgan fingerprint density at radius 3 is 2.71 bits per heavy atom. The zero-order valence-electron chi connectivity index (χ0n) is 15.7. The van der Waals surface area contributed by atoms with E-state index in [0.29, 0.717) is 17.0 Å². The van der Waals surface area contributed by atoms with Gasteiger partial charge in [0.15, 0.2) is 11.5 Å². The van der Waals surface area contributed by atoms with Crippen molar-refractivity contribution < 1.29 is 4.74 Å². The minimum absolute atomic E-state index is 0. The monoisotopic (exact) mass is 423 g/mol. The Bertz CT molecular complexity index is 1170. The third-order valence-electron chi connectivity index (χ3n) is 5.71. The average Bonchev–Trinajstić information content (AvgIpc) is 3.31. The number of aromatic amines is 1. The van der Waals surface area contributed by atoms with Crippen molar-refractivity contribution in [3.05, 3.63) is 37.3 Å². The van der Waals surface area contributed by atoms with Crippen molar-refractivity contribution in [3.63, 3.8) is 0 Å². The van der Waals surface area contributed by atoms with E-state index in [1.807, 2.05) is 0 Å². The van der Waals surface area contributed by atoms with Crippen LogP contribution in [0, 0.1) is 0 Å². The maximum Gasteiger partial charge on any atom is 0.332 e. The molecule has 28 heavy (non-hydrogen) atoms. The Balaban J connectivity index is 0.00000192. The van der Waals surface area contributed by atoms with E-state index in [1.54, 1.807) is 18.4 Å². The molecule has 8 nitrogen and oxygen atoms in total. The number of H-pyrrole nitrogens is 1. The Kier molecular flexibility index (Phi) is 4.73. The van der Waals surface area contributed by atoms with Crippen LogP contribution in [-0.4, -0.2) is 38.8 Å². The minimum Gasteiger partial charge on any atom is -0.369 e. The van der Waals surface area contributed by atoms with Gasteiger partial charge in [0.1, 0.15) is 11.1 Å². The van der Waals surface area contributed by atoms with Gasteiger partial charge in [0.05, 0.1) is 11.5 Å². The number of nitrogens with zero attached hydrogens (tertiary/aromatic N) is 3. The summed E-state index contributed by atoms with van der Waals surface area (Å²) < 4.78 is 8.75. The second-order valence-corrected chi connectivity index (χ2v) is 8.35. The molecule has 0 aliphatic carbocycles. The molecular formula is C18H22ClN5O3S. The van der Waals surface area contributed by atoms with Crippen molar-refractivity contribution in [2.24, 2.45) is 14.1 Å². The van der Waals surface area contributed by atoms with Gasteiger partial charge < -0.3 is 15.0 Å². The quantitative estimate of drug-likeness (QED) is 0.614. The molecule has 2 aliphatic rings. The summed E-state index contributed by atoms with van der Waals surface area (Å²) in [5.41, 5.74) is 1.12. The van der Waals surface area contributed by atoms with Crippen LogP contribution in [0.4, 0.5) is 0 Å². The van der Waals surface area contributed by atoms with E-state index >= 15 is 0 Å². The normalized spacial score (nSPS) is 18.2. The number of fused-ring (bicyclic) bond motifs is 3. The van der Waals surface area contributed by atoms with Crippen molar-refractivity contribution in [3.8, 4) is 10.7 Å². The van der Waals surface area contributed by atoms with E-state index < -0.39 is 0 Å². The van der Waals surface area contributed by atoms with E-state index in [4.69, 9.17) is 4.74 Å². The number of ether oxygens (including phenoxy) is 1. The maximum atomic E-state index is 12.4. The molecule has 1 fully saturated rings. The summed E-state index contributed by atoms with van der Waals surface area (Å²) in [5.74, 6) is 0.631. The summed E-state index contributed by atoms with van der Waals surface area (Å²) in [6.07, 6.45) is 2.83.